The Morgan fingerprint density at radius 3 is 3.40 bits per heavy atom. The monoisotopic (exact) mass is 137 g/mol. The second-order valence-corrected chi connectivity index (χ2v) is 2.80. The number of hydrogen-bond donors (Lipinski definition) is 1. The van der Waals surface area contributed by atoms with Gasteiger partial charge >= 0.3 is 0 Å². The first-order valence-corrected chi connectivity index (χ1v) is 3.60. The Morgan fingerprint density at radius 2 is 2.70 bits per heavy atom. The maximum atomic E-state index is 5.53. The normalized spacial score (nSPS) is 23.1. The zero-order chi connectivity index (χ0) is 6.97. The SMILES string of the molecule is NCC1Cc2nccn2C1. The molecule has 10 heavy (non-hydrogen) atoms. The second-order valence-electron chi connectivity index (χ2n) is 2.80. The minimum absolute atomic E-state index is 0.628. The summed E-state index contributed by atoms with van der Waals surface area (Å²) >= 11 is 0. The van der Waals surface area contributed by atoms with Crippen molar-refractivity contribution < 1.29 is 0 Å². The molecule has 1 aliphatic heterocycles. The Balaban J connectivity index is 2.21. The van der Waals surface area contributed by atoms with Crippen LogP contribution >= 0.6 is 0 Å². The van der Waals surface area contributed by atoms with Gasteiger partial charge in [0, 0.05) is 25.4 Å². The van der Waals surface area contributed by atoms with Gasteiger partial charge in [0.25, 0.3) is 0 Å². The van der Waals surface area contributed by atoms with Gasteiger partial charge in [-0.1, -0.05) is 0 Å². The van der Waals surface area contributed by atoms with Gasteiger partial charge in [0.15, 0.2) is 0 Å². The molecule has 2 N–H and O–H groups in total. The molecule has 0 bridgehead atoms. The lowest BCUT2D eigenvalue weighted by atomic mass is 10.1. The summed E-state index contributed by atoms with van der Waals surface area (Å²) in [6.07, 6.45) is 4.93. The van der Waals surface area contributed by atoms with Crippen molar-refractivity contribution in [2.75, 3.05) is 6.54 Å². The van der Waals surface area contributed by atoms with Crippen molar-refractivity contribution in [1.82, 2.24) is 9.55 Å². The summed E-state index contributed by atoms with van der Waals surface area (Å²) in [6, 6.07) is 0. The van der Waals surface area contributed by atoms with E-state index in [1.54, 1.807) is 0 Å². The van der Waals surface area contributed by atoms with Crippen molar-refractivity contribution in [1.29, 1.82) is 0 Å². The predicted molar refractivity (Wildman–Crippen MR) is 38.5 cm³/mol. The molecule has 1 aromatic rings. The fraction of sp³-hybridized carbons (Fsp3) is 0.571. The van der Waals surface area contributed by atoms with Crippen LogP contribution < -0.4 is 5.73 Å². The minimum Gasteiger partial charge on any atom is -0.335 e. The summed E-state index contributed by atoms with van der Waals surface area (Å²) in [5.41, 5.74) is 5.53. The molecular weight excluding hydrogens is 126 g/mol. The molecule has 1 atom stereocenters. The fourth-order valence-electron chi connectivity index (χ4n) is 1.46. The minimum atomic E-state index is 0.628. The van der Waals surface area contributed by atoms with Crippen molar-refractivity contribution >= 4 is 0 Å². The molecule has 3 heteroatoms. The van der Waals surface area contributed by atoms with E-state index in [1.165, 1.54) is 5.82 Å². The summed E-state index contributed by atoms with van der Waals surface area (Å²) in [4.78, 5) is 4.20. The van der Waals surface area contributed by atoms with Gasteiger partial charge in [-0.05, 0) is 12.5 Å². The molecule has 1 aromatic heterocycles. The van der Waals surface area contributed by atoms with Gasteiger partial charge in [-0.15, -0.1) is 0 Å². The Kier molecular flexibility index (Phi) is 1.24. The standard InChI is InChI=1S/C7H11N3/c8-4-6-3-7-9-1-2-10(7)5-6/h1-2,6H,3-5,8H2. The van der Waals surface area contributed by atoms with Crippen LogP contribution in [0.4, 0.5) is 0 Å². The molecular formula is C7H11N3. The molecule has 54 valence electrons. The molecule has 0 amide bonds. The second kappa shape index (κ2) is 2.09. The number of aromatic nitrogens is 2. The van der Waals surface area contributed by atoms with Gasteiger partial charge in [-0.2, -0.15) is 0 Å². The summed E-state index contributed by atoms with van der Waals surface area (Å²) < 4.78 is 2.18. The van der Waals surface area contributed by atoms with Crippen LogP contribution in [0, 0.1) is 5.92 Å². The highest BCUT2D eigenvalue weighted by atomic mass is 15.1. The molecule has 3 nitrogen and oxygen atoms in total. The van der Waals surface area contributed by atoms with Gasteiger partial charge in [-0.25, -0.2) is 4.98 Å². The number of imidazole rings is 1. The van der Waals surface area contributed by atoms with Crippen molar-refractivity contribution in [2.45, 2.75) is 13.0 Å². The van der Waals surface area contributed by atoms with E-state index in [4.69, 9.17) is 5.73 Å². The van der Waals surface area contributed by atoms with Crippen LogP contribution in [0.2, 0.25) is 0 Å². The van der Waals surface area contributed by atoms with E-state index in [2.05, 4.69) is 9.55 Å². The van der Waals surface area contributed by atoms with E-state index >= 15 is 0 Å². The average molecular weight is 137 g/mol. The van der Waals surface area contributed by atoms with Crippen molar-refractivity contribution in [3.05, 3.63) is 18.2 Å². The molecule has 0 aromatic carbocycles. The summed E-state index contributed by atoms with van der Waals surface area (Å²) in [5.74, 6) is 1.82. The summed E-state index contributed by atoms with van der Waals surface area (Å²) in [6.45, 7) is 1.84. The van der Waals surface area contributed by atoms with Crippen LogP contribution in [0.5, 0.6) is 0 Å². The first-order chi connectivity index (χ1) is 4.90. The Morgan fingerprint density at radius 1 is 1.80 bits per heavy atom. The van der Waals surface area contributed by atoms with Crippen molar-refractivity contribution in [3.63, 3.8) is 0 Å². The first kappa shape index (κ1) is 5.92. The third kappa shape index (κ3) is 0.743. The maximum Gasteiger partial charge on any atom is 0.109 e. The van der Waals surface area contributed by atoms with Crippen LogP contribution in [-0.4, -0.2) is 16.1 Å². The molecule has 0 saturated carbocycles. The lowest BCUT2D eigenvalue weighted by Gasteiger charge is -2.01. The van der Waals surface area contributed by atoms with E-state index in [0.717, 1.165) is 19.5 Å². The largest absolute Gasteiger partial charge is 0.335 e. The van der Waals surface area contributed by atoms with Gasteiger partial charge in [0.2, 0.25) is 0 Å². The van der Waals surface area contributed by atoms with Crippen LogP contribution in [0.15, 0.2) is 12.4 Å². The van der Waals surface area contributed by atoms with Crippen LogP contribution in [0.1, 0.15) is 5.82 Å². The highest BCUT2D eigenvalue weighted by Crippen LogP contribution is 2.16. The molecule has 2 heterocycles. The average Bonchev–Trinajstić information content (AvgIpc) is 2.42. The highest BCUT2D eigenvalue weighted by Gasteiger charge is 2.19. The van der Waals surface area contributed by atoms with E-state index < -0.39 is 0 Å². The van der Waals surface area contributed by atoms with E-state index in [1.807, 2.05) is 12.4 Å². The zero-order valence-corrected chi connectivity index (χ0v) is 5.83. The van der Waals surface area contributed by atoms with Crippen LogP contribution in [0.3, 0.4) is 0 Å². The van der Waals surface area contributed by atoms with Crippen molar-refractivity contribution in [2.24, 2.45) is 11.7 Å². The smallest absolute Gasteiger partial charge is 0.109 e. The van der Waals surface area contributed by atoms with E-state index in [9.17, 15) is 0 Å². The topological polar surface area (TPSA) is 43.8 Å². The molecule has 2 rings (SSSR count). The molecule has 1 unspecified atom stereocenters. The predicted octanol–water partition coefficient (Wildman–Crippen LogP) is 0.0141. The molecule has 0 aliphatic carbocycles. The summed E-state index contributed by atoms with van der Waals surface area (Å²) in [5, 5.41) is 0. The number of nitrogens with two attached hydrogens (primary N) is 1. The number of fused-ring (bicyclic) bond motifs is 1. The fourth-order valence-corrected chi connectivity index (χ4v) is 1.46. The van der Waals surface area contributed by atoms with Gasteiger partial charge in [0.05, 0.1) is 0 Å². The molecule has 0 saturated heterocycles. The van der Waals surface area contributed by atoms with Gasteiger partial charge in [-0.3, -0.25) is 0 Å². The molecule has 0 fully saturated rings. The Labute approximate surface area is 59.9 Å². The highest BCUT2D eigenvalue weighted by molar-refractivity contribution is 4.99. The van der Waals surface area contributed by atoms with E-state index in [0.29, 0.717) is 5.92 Å². The molecule has 1 aliphatic rings. The first-order valence-electron chi connectivity index (χ1n) is 3.60. The lowest BCUT2D eigenvalue weighted by Crippen LogP contribution is -2.15. The van der Waals surface area contributed by atoms with Crippen LogP contribution in [0.25, 0.3) is 0 Å². The number of hydrogen-bond acceptors (Lipinski definition) is 2. The molecule has 0 radical (unpaired) electrons. The lowest BCUT2D eigenvalue weighted by molar-refractivity contribution is 0.524. The summed E-state index contributed by atoms with van der Waals surface area (Å²) in [7, 11) is 0. The maximum absolute atomic E-state index is 5.53. The number of rotatable bonds is 1. The Bertz CT molecular complexity index is 208. The third-order valence-corrected chi connectivity index (χ3v) is 2.06. The number of nitrogens with zero attached hydrogens (tertiary/aromatic N) is 2. The van der Waals surface area contributed by atoms with Gasteiger partial charge in [0.1, 0.15) is 5.82 Å². The Hall–Kier alpha value is -0.830. The van der Waals surface area contributed by atoms with Gasteiger partial charge < -0.3 is 10.3 Å². The molecule has 0 spiro atoms. The zero-order valence-electron chi connectivity index (χ0n) is 5.83. The van der Waals surface area contributed by atoms with E-state index in [-0.39, 0.29) is 0 Å². The quantitative estimate of drug-likeness (QED) is 0.592. The third-order valence-electron chi connectivity index (χ3n) is 2.06. The van der Waals surface area contributed by atoms with Crippen molar-refractivity contribution in [3.8, 4) is 0 Å². The van der Waals surface area contributed by atoms with Crippen LogP contribution in [-0.2, 0) is 13.0 Å².